The Morgan fingerprint density at radius 2 is 2.08 bits per heavy atom. The highest BCUT2D eigenvalue weighted by molar-refractivity contribution is 6.31. The van der Waals surface area contributed by atoms with Crippen molar-refractivity contribution in [1.29, 1.82) is 0 Å². The highest BCUT2D eigenvalue weighted by Gasteiger charge is 2.34. The average molecular weight is 366 g/mol. The largest absolute Gasteiger partial charge is 0.379 e. The Labute approximate surface area is 153 Å². The maximum absolute atomic E-state index is 12.5. The standard InChI is InChI=1S/C18H24ClN3O3/c1-13-15(19)3-2-4-16(13)20-18(24)14-11-17(23)22(12-14)6-5-21-7-9-25-10-8-21/h2-4,14H,5-12H2,1H3,(H,20,24). The quantitative estimate of drug-likeness (QED) is 0.863. The van der Waals surface area contributed by atoms with Gasteiger partial charge in [0.25, 0.3) is 0 Å². The Hall–Kier alpha value is -1.63. The number of ether oxygens (including phenoxy) is 1. The summed E-state index contributed by atoms with van der Waals surface area (Å²) < 4.78 is 5.33. The van der Waals surface area contributed by atoms with Gasteiger partial charge in [0.1, 0.15) is 0 Å². The minimum absolute atomic E-state index is 0.0521. The Morgan fingerprint density at radius 3 is 2.84 bits per heavy atom. The van der Waals surface area contributed by atoms with E-state index in [4.69, 9.17) is 16.3 Å². The number of morpholine rings is 1. The average Bonchev–Trinajstić information content (AvgIpc) is 2.99. The van der Waals surface area contributed by atoms with E-state index in [1.165, 1.54) is 0 Å². The number of likely N-dealkylation sites (tertiary alicyclic amines) is 1. The van der Waals surface area contributed by atoms with Gasteiger partial charge in [-0.15, -0.1) is 0 Å². The Balaban J connectivity index is 1.52. The molecule has 2 fully saturated rings. The topological polar surface area (TPSA) is 61.9 Å². The molecule has 1 unspecified atom stereocenters. The fourth-order valence-electron chi connectivity index (χ4n) is 3.23. The number of halogens is 1. The number of rotatable bonds is 5. The highest BCUT2D eigenvalue weighted by Crippen LogP contribution is 2.25. The van der Waals surface area contributed by atoms with Gasteiger partial charge in [0.15, 0.2) is 0 Å². The van der Waals surface area contributed by atoms with Crippen molar-refractivity contribution in [2.75, 3.05) is 51.3 Å². The van der Waals surface area contributed by atoms with Crippen molar-refractivity contribution in [3.8, 4) is 0 Å². The molecule has 3 rings (SSSR count). The van der Waals surface area contributed by atoms with Crippen molar-refractivity contribution < 1.29 is 14.3 Å². The summed E-state index contributed by atoms with van der Waals surface area (Å²) in [5.41, 5.74) is 1.54. The molecule has 1 aromatic rings. The van der Waals surface area contributed by atoms with Gasteiger partial charge >= 0.3 is 0 Å². The van der Waals surface area contributed by atoms with Crippen LogP contribution in [0.15, 0.2) is 18.2 Å². The summed E-state index contributed by atoms with van der Waals surface area (Å²) in [6.45, 7) is 7.15. The predicted octanol–water partition coefficient (Wildman–Crippen LogP) is 1.77. The number of carbonyl (C=O) groups is 2. The lowest BCUT2D eigenvalue weighted by Gasteiger charge is -2.28. The van der Waals surface area contributed by atoms with E-state index in [1.54, 1.807) is 17.0 Å². The first-order valence-corrected chi connectivity index (χ1v) is 9.06. The van der Waals surface area contributed by atoms with E-state index in [2.05, 4.69) is 10.2 Å². The molecule has 0 spiro atoms. The van der Waals surface area contributed by atoms with Gasteiger partial charge in [0, 0.05) is 49.9 Å². The van der Waals surface area contributed by atoms with Gasteiger partial charge in [-0.2, -0.15) is 0 Å². The number of nitrogens with one attached hydrogen (secondary N) is 1. The summed E-state index contributed by atoms with van der Waals surface area (Å²) in [7, 11) is 0. The van der Waals surface area contributed by atoms with Crippen LogP contribution in [-0.4, -0.2) is 67.6 Å². The Kier molecular flexibility index (Phi) is 5.93. The van der Waals surface area contributed by atoms with Crippen LogP contribution in [0.25, 0.3) is 0 Å². The first-order chi connectivity index (χ1) is 12.0. The zero-order chi connectivity index (χ0) is 17.8. The lowest BCUT2D eigenvalue weighted by atomic mass is 10.1. The third-order valence-electron chi connectivity index (χ3n) is 4.90. The van der Waals surface area contributed by atoms with E-state index in [-0.39, 0.29) is 24.2 Å². The number of hydrogen-bond acceptors (Lipinski definition) is 4. The zero-order valence-corrected chi connectivity index (χ0v) is 15.2. The van der Waals surface area contributed by atoms with Crippen LogP contribution in [0.4, 0.5) is 5.69 Å². The van der Waals surface area contributed by atoms with Crippen molar-refractivity contribution in [3.05, 3.63) is 28.8 Å². The summed E-state index contributed by atoms with van der Waals surface area (Å²) in [6, 6.07) is 5.42. The number of carbonyl (C=O) groups excluding carboxylic acids is 2. The van der Waals surface area contributed by atoms with Gasteiger partial charge in [-0.3, -0.25) is 14.5 Å². The Bertz CT molecular complexity index is 646. The highest BCUT2D eigenvalue weighted by atomic mass is 35.5. The van der Waals surface area contributed by atoms with Gasteiger partial charge in [-0.25, -0.2) is 0 Å². The fraction of sp³-hybridized carbons (Fsp3) is 0.556. The molecule has 1 aromatic carbocycles. The van der Waals surface area contributed by atoms with Crippen molar-refractivity contribution >= 4 is 29.1 Å². The Morgan fingerprint density at radius 1 is 1.32 bits per heavy atom. The number of hydrogen-bond donors (Lipinski definition) is 1. The van der Waals surface area contributed by atoms with E-state index in [1.807, 2.05) is 13.0 Å². The van der Waals surface area contributed by atoms with E-state index >= 15 is 0 Å². The molecule has 25 heavy (non-hydrogen) atoms. The van der Waals surface area contributed by atoms with Crippen LogP contribution in [0.2, 0.25) is 5.02 Å². The summed E-state index contributed by atoms with van der Waals surface area (Å²) >= 11 is 6.09. The van der Waals surface area contributed by atoms with Crippen LogP contribution in [-0.2, 0) is 14.3 Å². The van der Waals surface area contributed by atoms with Crippen LogP contribution >= 0.6 is 11.6 Å². The van der Waals surface area contributed by atoms with Gasteiger partial charge in [-0.1, -0.05) is 17.7 Å². The third kappa shape index (κ3) is 4.51. The number of anilines is 1. The number of benzene rings is 1. The van der Waals surface area contributed by atoms with E-state index < -0.39 is 0 Å². The van der Waals surface area contributed by atoms with Crippen LogP contribution < -0.4 is 5.32 Å². The molecule has 0 saturated carbocycles. The molecule has 7 heteroatoms. The molecule has 2 heterocycles. The molecule has 0 aliphatic carbocycles. The molecule has 2 aliphatic heterocycles. The molecule has 136 valence electrons. The second kappa shape index (κ2) is 8.17. The summed E-state index contributed by atoms with van der Waals surface area (Å²) in [6.07, 6.45) is 0.272. The normalized spacial score (nSPS) is 21.6. The minimum atomic E-state index is -0.310. The molecule has 6 nitrogen and oxygen atoms in total. The first-order valence-electron chi connectivity index (χ1n) is 8.68. The molecular weight excluding hydrogens is 342 g/mol. The number of amides is 2. The van der Waals surface area contributed by atoms with Crippen LogP contribution in [0, 0.1) is 12.8 Å². The van der Waals surface area contributed by atoms with Crippen molar-refractivity contribution in [2.24, 2.45) is 5.92 Å². The minimum Gasteiger partial charge on any atom is -0.379 e. The van der Waals surface area contributed by atoms with Gasteiger partial charge in [0.05, 0.1) is 19.1 Å². The molecule has 0 radical (unpaired) electrons. The summed E-state index contributed by atoms with van der Waals surface area (Å²) in [5, 5.41) is 3.53. The second-order valence-corrected chi connectivity index (χ2v) is 7.00. The van der Waals surface area contributed by atoms with Gasteiger partial charge in [-0.05, 0) is 24.6 Å². The van der Waals surface area contributed by atoms with Crippen molar-refractivity contribution in [1.82, 2.24) is 9.80 Å². The smallest absolute Gasteiger partial charge is 0.229 e. The maximum Gasteiger partial charge on any atom is 0.229 e. The molecule has 0 aromatic heterocycles. The zero-order valence-electron chi connectivity index (χ0n) is 14.5. The molecule has 2 amide bonds. The molecule has 1 N–H and O–H groups in total. The lowest BCUT2D eigenvalue weighted by Crippen LogP contribution is -2.42. The second-order valence-electron chi connectivity index (χ2n) is 6.60. The summed E-state index contributed by atoms with van der Waals surface area (Å²) in [5.74, 6) is -0.376. The maximum atomic E-state index is 12.5. The van der Waals surface area contributed by atoms with Crippen LogP contribution in [0.1, 0.15) is 12.0 Å². The third-order valence-corrected chi connectivity index (χ3v) is 5.31. The molecular formula is C18H24ClN3O3. The van der Waals surface area contributed by atoms with Crippen molar-refractivity contribution in [3.63, 3.8) is 0 Å². The molecule has 2 aliphatic rings. The fourth-order valence-corrected chi connectivity index (χ4v) is 3.40. The van der Waals surface area contributed by atoms with Crippen molar-refractivity contribution in [2.45, 2.75) is 13.3 Å². The van der Waals surface area contributed by atoms with Crippen LogP contribution in [0.5, 0.6) is 0 Å². The lowest BCUT2D eigenvalue weighted by molar-refractivity contribution is -0.128. The first kappa shape index (κ1) is 18.2. The molecule has 0 bridgehead atoms. The predicted molar refractivity (Wildman–Crippen MR) is 96.8 cm³/mol. The van der Waals surface area contributed by atoms with E-state index in [9.17, 15) is 9.59 Å². The van der Waals surface area contributed by atoms with E-state index in [0.29, 0.717) is 23.8 Å². The molecule has 2 saturated heterocycles. The van der Waals surface area contributed by atoms with Gasteiger partial charge in [0.2, 0.25) is 11.8 Å². The monoisotopic (exact) mass is 365 g/mol. The SMILES string of the molecule is Cc1c(Cl)cccc1NC(=O)C1CC(=O)N(CCN2CCOCC2)C1. The van der Waals surface area contributed by atoms with E-state index in [0.717, 1.165) is 38.4 Å². The number of nitrogens with zero attached hydrogens (tertiary/aromatic N) is 2. The summed E-state index contributed by atoms with van der Waals surface area (Å²) in [4.78, 5) is 28.8. The van der Waals surface area contributed by atoms with Gasteiger partial charge < -0.3 is 15.0 Å². The molecule has 1 atom stereocenters. The van der Waals surface area contributed by atoms with Crippen LogP contribution in [0.3, 0.4) is 0 Å².